The summed E-state index contributed by atoms with van der Waals surface area (Å²) in [6.45, 7) is 2.71. The van der Waals surface area contributed by atoms with Crippen LogP contribution >= 0.6 is 0 Å². The fraction of sp³-hybridized carbons (Fsp3) is 0.200. The number of carbonyl (C=O) groups excluding carboxylic acids is 1. The van der Waals surface area contributed by atoms with Gasteiger partial charge in [-0.3, -0.25) is 14.9 Å². The van der Waals surface area contributed by atoms with Gasteiger partial charge < -0.3 is 10.4 Å². The summed E-state index contributed by atoms with van der Waals surface area (Å²) >= 11 is 0. The first-order valence-corrected chi connectivity index (χ1v) is 4.63. The molecule has 1 amide bonds. The molecular formula is C10H10N2O5. The molecule has 1 aromatic rings. The second-order valence-corrected chi connectivity index (χ2v) is 3.43. The van der Waals surface area contributed by atoms with E-state index in [1.807, 2.05) is 0 Å². The first-order valence-electron chi connectivity index (χ1n) is 4.63. The Morgan fingerprint density at radius 2 is 2.00 bits per heavy atom. The van der Waals surface area contributed by atoms with E-state index in [1.54, 1.807) is 0 Å². The minimum atomic E-state index is -1.25. The van der Waals surface area contributed by atoms with Crippen LogP contribution in [0.25, 0.3) is 0 Å². The lowest BCUT2D eigenvalue weighted by Gasteiger charge is -2.07. The lowest BCUT2D eigenvalue weighted by atomic mass is 10.1. The number of aryl methyl sites for hydroxylation is 1. The molecule has 0 aliphatic carbocycles. The van der Waals surface area contributed by atoms with Gasteiger partial charge in [0.15, 0.2) is 0 Å². The first kappa shape index (κ1) is 12.6. The van der Waals surface area contributed by atoms with Crippen molar-refractivity contribution in [2.75, 3.05) is 5.32 Å². The third kappa shape index (κ3) is 2.77. The summed E-state index contributed by atoms with van der Waals surface area (Å²) < 4.78 is 0. The van der Waals surface area contributed by atoms with Gasteiger partial charge in [-0.2, -0.15) is 0 Å². The van der Waals surface area contributed by atoms with E-state index in [1.165, 1.54) is 19.9 Å². The lowest BCUT2D eigenvalue weighted by Crippen LogP contribution is -2.10. The molecule has 0 heterocycles. The molecule has 1 aromatic carbocycles. The molecule has 0 aromatic heterocycles. The van der Waals surface area contributed by atoms with E-state index in [9.17, 15) is 19.7 Å². The zero-order valence-corrected chi connectivity index (χ0v) is 9.18. The molecule has 0 atom stereocenters. The second-order valence-electron chi connectivity index (χ2n) is 3.43. The SMILES string of the molecule is CC(=O)Nc1cc(C)c(C(=O)O)cc1[N+](=O)[O-]. The Labute approximate surface area is 96.2 Å². The van der Waals surface area contributed by atoms with Gasteiger partial charge in [0.05, 0.1) is 10.5 Å². The van der Waals surface area contributed by atoms with Crippen LogP contribution in [0.15, 0.2) is 12.1 Å². The third-order valence-corrected chi connectivity index (χ3v) is 2.08. The van der Waals surface area contributed by atoms with Crippen LogP contribution in [0.1, 0.15) is 22.8 Å². The third-order valence-electron chi connectivity index (χ3n) is 2.08. The molecule has 0 saturated carbocycles. The molecule has 0 unspecified atom stereocenters. The minimum absolute atomic E-state index is 0.00926. The number of carbonyl (C=O) groups is 2. The van der Waals surface area contributed by atoms with Gasteiger partial charge in [0.1, 0.15) is 5.69 Å². The van der Waals surface area contributed by atoms with Crippen molar-refractivity contribution in [1.29, 1.82) is 0 Å². The Kier molecular flexibility index (Phi) is 3.42. The van der Waals surface area contributed by atoms with Crippen LogP contribution in [0.4, 0.5) is 11.4 Å². The van der Waals surface area contributed by atoms with Gasteiger partial charge in [-0.05, 0) is 18.6 Å². The van der Waals surface area contributed by atoms with Gasteiger partial charge in [-0.1, -0.05) is 0 Å². The maximum absolute atomic E-state index is 10.9. The molecule has 17 heavy (non-hydrogen) atoms. The molecule has 1 rings (SSSR count). The van der Waals surface area contributed by atoms with Gasteiger partial charge in [0.2, 0.25) is 5.91 Å². The molecule has 0 aliphatic rings. The summed E-state index contributed by atoms with van der Waals surface area (Å²) in [5, 5.41) is 21.9. The molecule has 0 radical (unpaired) electrons. The molecule has 7 heteroatoms. The summed E-state index contributed by atoms with van der Waals surface area (Å²) in [7, 11) is 0. The number of nitro benzene ring substituents is 1. The number of carboxylic acids is 1. The van der Waals surface area contributed by atoms with Crippen LogP contribution in [0, 0.1) is 17.0 Å². The Hall–Kier alpha value is -2.44. The molecule has 0 spiro atoms. The van der Waals surface area contributed by atoms with Crippen LogP contribution in [0.3, 0.4) is 0 Å². The lowest BCUT2D eigenvalue weighted by molar-refractivity contribution is -0.384. The summed E-state index contributed by atoms with van der Waals surface area (Å²) in [5.74, 6) is -1.71. The maximum Gasteiger partial charge on any atom is 0.336 e. The van der Waals surface area contributed by atoms with Crippen LogP contribution in [0.2, 0.25) is 0 Å². The largest absolute Gasteiger partial charge is 0.478 e. The number of rotatable bonds is 3. The van der Waals surface area contributed by atoms with Gasteiger partial charge in [-0.25, -0.2) is 4.79 Å². The number of hydrogen-bond acceptors (Lipinski definition) is 4. The fourth-order valence-electron chi connectivity index (χ4n) is 1.37. The highest BCUT2D eigenvalue weighted by molar-refractivity contribution is 5.95. The predicted octanol–water partition coefficient (Wildman–Crippen LogP) is 1.56. The van der Waals surface area contributed by atoms with Crippen molar-refractivity contribution >= 4 is 23.3 Å². The topological polar surface area (TPSA) is 110 Å². The van der Waals surface area contributed by atoms with E-state index < -0.39 is 22.5 Å². The van der Waals surface area contributed by atoms with E-state index in [0.29, 0.717) is 5.56 Å². The Morgan fingerprint density at radius 3 is 2.41 bits per heavy atom. The van der Waals surface area contributed by atoms with Crippen LogP contribution < -0.4 is 5.32 Å². The molecule has 0 saturated heterocycles. The Balaban J connectivity index is 3.40. The second kappa shape index (κ2) is 4.60. The van der Waals surface area contributed by atoms with E-state index in [4.69, 9.17) is 5.11 Å². The quantitative estimate of drug-likeness (QED) is 0.613. The summed E-state index contributed by atoms with van der Waals surface area (Å²) in [6, 6.07) is 2.20. The molecular weight excluding hydrogens is 228 g/mol. The van der Waals surface area contributed by atoms with E-state index in [2.05, 4.69) is 5.32 Å². The van der Waals surface area contributed by atoms with Gasteiger partial charge in [0.25, 0.3) is 5.69 Å². The standard InChI is InChI=1S/C10H10N2O5/c1-5-3-8(11-6(2)13)9(12(16)17)4-7(5)10(14)15/h3-4H,1-2H3,(H,11,13)(H,14,15). The smallest absolute Gasteiger partial charge is 0.336 e. The molecule has 0 bridgehead atoms. The van der Waals surface area contributed by atoms with Crippen molar-refractivity contribution in [3.8, 4) is 0 Å². The Bertz CT molecular complexity index is 510. The van der Waals surface area contributed by atoms with Crippen molar-refractivity contribution < 1.29 is 19.6 Å². The van der Waals surface area contributed by atoms with Gasteiger partial charge >= 0.3 is 5.97 Å². The molecule has 0 fully saturated rings. The number of anilines is 1. The van der Waals surface area contributed by atoms with E-state index in [0.717, 1.165) is 6.07 Å². The molecule has 7 nitrogen and oxygen atoms in total. The number of carboxylic acid groups (broad SMARTS) is 1. The normalized spacial score (nSPS) is 9.76. The number of amides is 1. The summed E-state index contributed by atoms with van der Waals surface area (Å²) in [4.78, 5) is 31.7. The van der Waals surface area contributed by atoms with Crippen molar-refractivity contribution in [1.82, 2.24) is 0 Å². The fourth-order valence-corrected chi connectivity index (χ4v) is 1.37. The maximum atomic E-state index is 10.9. The molecule has 2 N–H and O–H groups in total. The van der Waals surface area contributed by atoms with Crippen molar-refractivity contribution in [3.63, 3.8) is 0 Å². The summed E-state index contributed by atoms with van der Waals surface area (Å²) in [6.07, 6.45) is 0. The average Bonchev–Trinajstić information content (AvgIpc) is 2.15. The highest BCUT2D eigenvalue weighted by Crippen LogP contribution is 2.28. The first-order chi connectivity index (χ1) is 7.82. The highest BCUT2D eigenvalue weighted by atomic mass is 16.6. The number of nitrogens with one attached hydrogen (secondary N) is 1. The van der Waals surface area contributed by atoms with Crippen molar-refractivity contribution in [2.24, 2.45) is 0 Å². The van der Waals surface area contributed by atoms with Crippen LogP contribution in [0.5, 0.6) is 0 Å². The van der Waals surface area contributed by atoms with E-state index >= 15 is 0 Å². The number of benzene rings is 1. The van der Waals surface area contributed by atoms with Gasteiger partial charge in [-0.15, -0.1) is 0 Å². The highest BCUT2D eigenvalue weighted by Gasteiger charge is 2.20. The number of nitro groups is 1. The van der Waals surface area contributed by atoms with Crippen molar-refractivity contribution in [3.05, 3.63) is 33.4 Å². The minimum Gasteiger partial charge on any atom is -0.478 e. The van der Waals surface area contributed by atoms with Gasteiger partial charge in [0, 0.05) is 13.0 Å². The monoisotopic (exact) mass is 238 g/mol. The predicted molar refractivity (Wildman–Crippen MR) is 59.1 cm³/mol. The van der Waals surface area contributed by atoms with Crippen molar-refractivity contribution in [2.45, 2.75) is 13.8 Å². The Morgan fingerprint density at radius 1 is 1.41 bits per heavy atom. The number of aromatic carboxylic acids is 1. The van der Waals surface area contributed by atoms with Crippen LogP contribution in [-0.4, -0.2) is 21.9 Å². The molecule has 90 valence electrons. The van der Waals surface area contributed by atoms with Crippen LogP contribution in [-0.2, 0) is 4.79 Å². The number of hydrogen-bond donors (Lipinski definition) is 2. The number of nitrogens with zero attached hydrogens (tertiary/aromatic N) is 1. The molecule has 0 aliphatic heterocycles. The zero-order chi connectivity index (χ0) is 13.2. The van der Waals surface area contributed by atoms with E-state index in [-0.39, 0.29) is 11.3 Å². The average molecular weight is 238 g/mol. The zero-order valence-electron chi connectivity index (χ0n) is 9.18. The summed E-state index contributed by atoms with van der Waals surface area (Å²) in [5.41, 5.74) is -0.272.